The van der Waals surface area contributed by atoms with Crippen molar-refractivity contribution in [2.45, 2.75) is 6.54 Å². The number of nitrogens with one attached hydrogen (secondary N) is 1. The van der Waals surface area contributed by atoms with Crippen LogP contribution in [0, 0.1) is 0 Å². The van der Waals surface area contributed by atoms with Crippen LogP contribution in [0.3, 0.4) is 0 Å². The summed E-state index contributed by atoms with van der Waals surface area (Å²) in [7, 11) is 4.84. The van der Waals surface area contributed by atoms with Gasteiger partial charge in [0.15, 0.2) is 6.29 Å². The number of benzene rings is 1. The number of ether oxygens (including phenoxy) is 2. The van der Waals surface area contributed by atoms with Gasteiger partial charge in [-0.05, 0) is 6.07 Å². The highest BCUT2D eigenvalue weighted by Crippen LogP contribution is 2.37. The molecule has 1 N–H and O–H groups in total. The summed E-state index contributed by atoms with van der Waals surface area (Å²) in [5, 5.41) is 0.744. The zero-order chi connectivity index (χ0) is 19.1. The predicted octanol–water partition coefficient (Wildman–Crippen LogP) is 2.97. The Balaban J connectivity index is 1.82. The summed E-state index contributed by atoms with van der Waals surface area (Å²) in [4.78, 5) is 34.7. The van der Waals surface area contributed by atoms with Gasteiger partial charge in [-0.1, -0.05) is 0 Å². The van der Waals surface area contributed by atoms with Gasteiger partial charge < -0.3 is 14.5 Å². The first kappa shape index (κ1) is 16.9. The van der Waals surface area contributed by atoms with Crippen LogP contribution in [0.2, 0.25) is 0 Å². The third-order valence-corrected chi connectivity index (χ3v) is 4.68. The molecular formula is C19H18N4O4. The third-order valence-electron chi connectivity index (χ3n) is 4.68. The Bertz CT molecular complexity index is 1040. The Morgan fingerprint density at radius 2 is 1.85 bits per heavy atom. The van der Waals surface area contributed by atoms with E-state index in [1.165, 1.54) is 0 Å². The molecule has 1 aliphatic rings. The van der Waals surface area contributed by atoms with E-state index >= 15 is 0 Å². The number of hydrogen-bond donors (Lipinski definition) is 1. The molecule has 0 unspecified atom stereocenters. The monoisotopic (exact) mass is 366 g/mol. The average Bonchev–Trinajstić information content (AvgIpc) is 3.13. The summed E-state index contributed by atoms with van der Waals surface area (Å²) in [6.07, 6.45) is 2.45. The van der Waals surface area contributed by atoms with Gasteiger partial charge in [-0.25, -0.2) is 9.78 Å². The number of pyridine rings is 1. The van der Waals surface area contributed by atoms with Crippen molar-refractivity contribution in [3.63, 3.8) is 0 Å². The molecule has 27 heavy (non-hydrogen) atoms. The second-order valence-corrected chi connectivity index (χ2v) is 6.24. The number of anilines is 2. The topological polar surface area (TPSA) is 87.8 Å². The lowest BCUT2D eigenvalue weighted by molar-refractivity contribution is 0.111. The Kier molecular flexibility index (Phi) is 3.95. The van der Waals surface area contributed by atoms with Crippen LogP contribution in [0.4, 0.5) is 16.2 Å². The minimum atomic E-state index is -0.195. The van der Waals surface area contributed by atoms with Gasteiger partial charge in [-0.3, -0.25) is 14.6 Å². The number of rotatable bonds is 4. The summed E-state index contributed by atoms with van der Waals surface area (Å²) >= 11 is 0. The minimum absolute atomic E-state index is 0.195. The highest BCUT2D eigenvalue weighted by Gasteiger charge is 2.31. The van der Waals surface area contributed by atoms with Crippen molar-refractivity contribution in [2.24, 2.45) is 0 Å². The number of hydrogen-bond acceptors (Lipinski definition) is 5. The first-order valence-corrected chi connectivity index (χ1v) is 8.29. The molecule has 0 bridgehead atoms. The summed E-state index contributed by atoms with van der Waals surface area (Å²) < 4.78 is 10.6. The van der Waals surface area contributed by atoms with E-state index in [1.54, 1.807) is 61.5 Å². The average molecular weight is 366 g/mol. The van der Waals surface area contributed by atoms with Crippen LogP contribution in [-0.2, 0) is 6.54 Å². The SMILES string of the molecule is COc1cc(OC)cc(N2Cc3cnc4[nH]c(C=O)cc4c3N(C)C2=O)c1. The molecule has 2 amide bonds. The molecule has 2 aromatic heterocycles. The van der Waals surface area contributed by atoms with Crippen molar-refractivity contribution in [3.8, 4) is 11.5 Å². The molecule has 3 aromatic rings. The molecule has 8 heteroatoms. The van der Waals surface area contributed by atoms with Crippen LogP contribution < -0.4 is 19.3 Å². The Morgan fingerprint density at radius 3 is 2.48 bits per heavy atom. The maximum absolute atomic E-state index is 13.1. The molecule has 8 nitrogen and oxygen atoms in total. The van der Waals surface area contributed by atoms with E-state index in [9.17, 15) is 9.59 Å². The Morgan fingerprint density at radius 1 is 1.15 bits per heavy atom. The zero-order valence-electron chi connectivity index (χ0n) is 15.1. The van der Waals surface area contributed by atoms with E-state index in [0.29, 0.717) is 35.1 Å². The van der Waals surface area contributed by atoms with Gasteiger partial charge in [0.05, 0.1) is 37.8 Å². The molecule has 3 heterocycles. The summed E-state index contributed by atoms with van der Waals surface area (Å²) in [5.74, 6) is 1.20. The highest BCUT2D eigenvalue weighted by molar-refractivity contribution is 6.11. The van der Waals surface area contributed by atoms with Gasteiger partial charge in [0.25, 0.3) is 0 Å². The lowest BCUT2D eigenvalue weighted by Gasteiger charge is -2.35. The molecule has 0 fully saturated rings. The molecule has 1 aromatic carbocycles. The van der Waals surface area contributed by atoms with E-state index in [1.807, 2.05) is 0 Å². The number of aromatic amines is 1. The van der Waals surface area contributed by atoms with Crippen molar-refractivity contribution in [1.29, 1.82) is 0 Å². The van der Waals surface area contributed by atoms with Crippen molar-refractivity contribution < 1.29 is 19.1 Å². The lowest BCUT2D eigenvalue weighted by atomic mass is 10.1. The number of aromatic nitrogens is 2. The third kappa shape index (κ3) is 2.66. The molecule has 0 saturated carbocycles. The molecule has 0 atom stereocenters. The second-order valence-electron chi connectivity index (χ2n) is 6.24. The number of carbonyl (C=O) groups is 2. The van der Waals surface area contributed by atoms with Crippen molar-refractivity contribution in [1.82, 2.24) is 9.97 Å². The van der Waals surface area contributed by atoms with Gasteiger partial charge in [0, 0.05) is 42.4 Å². The van der Waals surface area contributed by atoms with Crippen LogP contribution in [-0.4, -0.2) is 43.6 Å². The number of aldehydes is 1. The highest BCUT2D eigenvalue weighted by atomic mass is 16.5. The molecule has 0 spiro atoms. The molecule has 1 aliphatic heterocycles. The zero-order valence-corrected chi connectivity index (χ0v) is 15.1. The first-order valence-electron chi connectivity index (χ1n) is 8.29. The Labute approximate surface area is 155 Å². The lowest BCUT2D eigenvalue weighted by Crippen LogP contribution is -2.45. The standard InChI is InChI=1S/C19H18N4O4/c1-22-17-11(8-20-18-16(17)4-12(10-24)21-18)9-23(19(22)25)13-5-14(26-2)7-15(6-13)27-3/h4-8,10H,9H2,1-3H3,(H,20,21). The van der Waals surface area contributed by atoms with Gasteiger partial charge >= 0.3 is 6.03 Å². The van der Waals surface area contributed by atoms with Gasteiger partial charge in [-0.2, -0.15) is 0 Å². The van der Waals surface area contributed by atoms with Gasteiger partial charge in [0.2, 0.25) is 0 Å². The van der Waals surface area contributed by atoms with E-state index in [0.717, 1.165) is 22.9 Å². The predicted molar refractivity (Wildman–Crippen MR) is 101 cm³/mol. The van der Waals surface area contributed by atoms with Crippen LogP contribution in [0.25, 0.3) is 11.0 Å². The first-order chi connectivity index (χ1) is 13.0. The van der Waals surface area contributed by atoms with Gasteiger partial charge in [0.1, 0.15) is 17.1 Å². The number of fused-ring (bicyclic) bond motifs is 3. The number of urea groups is 1. The van der Waals surface area contributed by atoms with Crippen molar-refractivity contribution in [2.75, 3.05) is 31.1 Å². The van der Waals surface area contributed by atoms with Crippen LogP contribution in [0.1, 0.15) is 16.1 Å². The van der Waals surface area contributed by atoms with Crippen LogP contribution in [0.5, 0.6) is 11.5 Å². The maximum Gasteiger partial charge on any atom is 0.329 e. The quantitative estimate of drug-likeness (QED) is 0.717. The summed E-state index contributed by atoms with van der Waals surface area (Å²) in [5.41, 5.74) is 3.29. The van der Waals surface area contributed by atoms with Gasteiger partial charge in [-0.15, -0.1) is 0 Å². The smallest absolute Gasteiger partial charge is 0.329 e. The molecule has 138 valence electrons. The van der Waals surface area contributed by atoms with Crippen LogP contribution in [0.15, 0.2) is 30.5 Å². The fourth-order valence-corrected chi connectivity index (χ4v) is 3.36. The molecule has 0 radical (unpaired) electrons. The van der Waals surface area contributed by atoms with E-state index in [2.05, 4.69) is 9.97 Å². The second kappa shape index (κ2) is 6.31. The number of amides is 2. The fraction of sp³-hybridized carbons (Fsp3) is 0.211. The van der Waals surface area contributed by atoms with E-state index in [4.69, 9.17) is 9.47 Å². The number of methoxy groups -OCH3 is 2. The van der Waals surface area contributed by atoms with Crippen molar-refractivity contribution >= 4 is 34.7 Å². The van der Waals surface area contributed by atoms with E-state index < -0.39 is 0 Å². The molecular weight excluding hydrogens is 348 g/mol. The minimum Gasteiger partial charge on any atom is -0.497 e. The summed E-state index contributed by atoms with van der Waals surface area (Å²) in [6, 6.07) is 6.83. The molecule has 0 aliphatic carbocycles. The molecule has 0 saturated heterocycles. The summed E-state index contributed by atoms with van der Waals surface area (Å²) in [6.45, 7) is 0.347. The normalized spacial score (nSPS) is 13.7. The Hall–Kier alpha value is -3.55. The number of carbonyl (C=O) groups excluding carboxylic acids is 2. The molecule has 4 rings (SSSR count). The van der Waals surface area contributed by atoms with Crippen molar-refractivity contribution in [3.05, 3.63) is 41.7 Å². The number of nitrogens with zero attached hydrogens (tertiary/aromatic N) is 3. The van der Waals surface area contributed by atoms with Crippen LogP contribution >= 0.6 is 0 Å². The fourth-order valence-electron chi connectivity index (χ4n) is 3.36. The number of H-pyrrole nitrogens is 1. The van der Waals surface area contributed by atoms with E-state index in [-0.39, 0.29) is 6.03 Å². The maximum atomic E-state index is 13.1. The largest absolute Gasteiger partial charge is 0.497 e.